The lowest BCUT2D eigenvalue weighted by Crippen LogP contribution is -2.70. The van der Waals surface area contributed by atoms with Gasteiger partial charge in [0.2, 0.25) is 11.8 Å². The summed E-state index contributed by atoms with van der Waals surface area (Å²) in [5.41, 5.74) is -0.604. The van der Waals surface area contributed by atoms with Gasteiger partial charge in [0.05, 0.1) is 6.61 Å². The first-order valence-electron chi connectivity index (χ1n) is 8.39. The lowest BCUT2D eigenvalue weighted by molar-refractivity contribution is -0.156. The summed E-state index contributed by atoms with van der Waals surface area (Å²) < 4.78 is 5.54. The van der Waals surface area contributed by atoms with Gasteiger partial charge in [-0.3, -0.25) is 9.59 Å². The van der Waals surface area contributed by atoms with Crippen molar-refractivity contribution in [2.24, 2.45) is 5.92 Å². The van der Waals surface area contributed by atoms with Crippen LogP contribution in [0.1, 0.15) is 51.9 Å². The van der Waals surface area contributed by atoms with Crippen molar-refractivity contribution < 1.29 is 14.3 Å². The number of hydrogen-bond acceptors (Lipinski definition) is 3. The first kappa shape index (κ1) is 14.8. The van der Waals surface area contributed by atoms with E-state index in [1.165, 1.54) is 0 Å². The molecule has 5 nitrogen and oxygen atoms in total. The van der Waals surface area contributed by atoms with E-state index < -0.39 is 5.54 Å². The van der Waals surface area contributed by atoms with Crippen LogP contribution in [0.5, 0.6) is 0 Å². The number of ether oxygens (including phenoxy) is 1. The van der Waals surface area contributed by atoms with Crippen LogP contribution in [0.4, 0.5) is 0 Å². The highest BCUT2D eigenvalue weighted by molar-refractivity contribution is 6.00. The largest absolute Gasteiger partial charge is 0.380 e. The predicted octanol–water partition coefficient (Wildman–Crippen LogP) is 1.46. The molecule has 2 amide bonds. The SMILES string of the molecule is CCCOCCN1C(=O)C2(CCCC2)NC(=O)C1C1CC1. The molecule has 0 aromatic carbocycles. The van der Waals surface area contributed by atoms with Crippen LogP contribution in [0.15, 0.2) is 0 Å². The number of nitrogens with zero attached hydrogens (tertiary/aromatic N) is 1. The molecule has 2 saturated carbocycles. The molecule has 1 saturated heterocycles. The summed E-state index contributed by atoms with van der Waals surface area (Å²) in [7, 11) is 0. The predicted molar refractivity (Wildman–Crippen MR) is 78.7 cm³/mol. The maximum Gasteiger partial charge on any atom is 0.249 e. The van der Waals surface area contributed by atoms with Gasteiger partial charge < -0.3 is 15.0 Å². The third-order valence-corrected chi connectivity index (χ3v) is 4.99. The molecule has 3 aliphatic rings. The summed E-state index contributed by atoms with van der Waals surface area (Å²) in [5, 5.41) is 3.07. The Morgan fingerprint density at radius 1 is 1.24 bits per heavy atom. The highest BCUT2D eigenvalue weighted by Crippen LogP contribution is 2.41. The van der Waals surface area contributed by atoms with Gasteiger partial charge in [-0.15, -0.1) is 0 Å². The highest BCUT2D eigenvalue weighted by Gasteiger charge is 2.55. The maximum atomic E-state index is 13.0. The zero-order valence-electron chi connectivity index (χ0n) is 12.9. The Morgan fingerprint density at radius 2 is 1.95 bits per heavy atom. The van der Waals surface area contributed by atoms with Crippen LogP contribution in [0.3, 0.4) is 0 Å². The second-order valence-corrected chi connectivity index (χ2v) is 6.67. The first-order chi connectivity index (χ1) is 10.2. The van der Waals surface area contributed by atoms with Gasteiger partial charge >= 0.3 is 0 Å². The molecule has 0 aromatic rings. The van der Waals surface area contributed by atoms with Crippen LogP contribution < -0.4 is 5.32 Å². The summed E-state index contributed by atoms with van der Waals surface area (Å²) >= 11 is 0. The molecule has 3 rings (SSSR count). The molecule has 2 aliphatic carbocycles. The molecule has 1 spiro atoms. The van der Waals surface area contributed by atoms with E-state index in [0.29, 0.717) is 25.7 Å². The number of amides is 2. The zero-order chi connectivity index (χ0) is 14.9. The molecule has 1 unspecified atom stereocenters. The van der Waals surface area contributed by atoms with E-state index in [0.717, 1.165) is 44.9 Å². The summed E-state index contributed by atoms with van der Waals surface area (Å²) in [6.45, 7) is 3.87. The van der Waals surface area contributed by atoms with Gasteiger partial charge in [-0.1, -0.05) is 19.8 Å². The monoisotopic (exact) mass is 294 g/mol. The lowest BCUT2D eigenvalue weighted by atomic mass is 9.89. The minimum Gasteiger partial charge on any atom is -0.380 e. The standard InChI is InChI=1S/C16H26N2O3/c1-2-10-21-11-9-18-13(12-5-6-12)14(19)17-16(15(18)20)7-3-4-8-16/h12-13H,2-11H2,1H3,(H,17,19). The number of piperazine rings is 1. The fraction of sp³-hybridized carbons (Fsp3) is 0.875. The Bertz CT molecular complexity index is 414. The number of hydrogen-bond donors (Lipinski definition) is 1. The molecule has 21 heavy (non-hydrogen) atoms. The van der Waals surface area contributed by atoms with Crippen molar-refractivity contribution in [1.82, 2.24) is 10.2 Å². The third kappa shape index (κ3) is 2.80. The normalized spacial score (nSPS) is 28.2. The van der Waals surface area contributed by atoms with Crippen LogP contribution in [-0.2, 0) is 14.3 Å². The van der Waals surface area contributed by atoms with Crippen molar-refractivity contribution in [3.05, 3.63) is 0 Å². The van der Waals surface area contributed by atoms with Crippen LogP contribution in [0.25, 0.3) is 0 Å². The average molecular weight is 294 g/mol. The quantitative estimate of drug-likeness (QED) is 0.755. The summed E-state index contributed by atoms with van der Waals surface area (Å²) in [5.74, 6) is 0.560. The summed E-state index contributed by atoms with van der Waals surface area (Å²) in [6, 6.07) is -0.256. The van der Waals surface area contributed by atoms with Gasteiger partial charge in [-0.2, -0.15) is 0 Å². The van der Waals surface area contributed by atoms with E-state index in [9.17, 15) is 9.59 Å². The minimum atomic E-state index is -0.604. The molecule has 3 fully saturated rings. The van der Waals surface area contributed by atoms with Crippen molar-refractivity contribution in [2.45, 2.75) is 63.5 Å². The molecule has 0 aromatic heterocycles. The van der Waals surface area contributed by atoms with Crippen molar-refractivity contribution in [1.29, 1.82) is 0 Å². The fourth-order valence-electron chi connectivity index (χ4n) is 3.75. The highest BCUT2D eigenvalue weighted by atomic mass is 16.5. The molecule has 0 bridgehead atoms. The van der Waals surface area contributed by atoms with Crippen molar-refractivity contribution >= 4 is 11.8 Å². The van der Waals surface area contributed by atoms with E-state index in [-0.39, 0.29) is 17.9 Å². The van der Waals surface area contributed by atoms with Crippen LogP contribution in [0.2, 0.25) is 0 Å². The van der Waals surface area contributed by atoms with Gasteiger partial charge in [-0.05, 0) is 38.0 Å². The van der Waals surface area contributed by atoms with Gasteiger partial charge in [0.25, 0.3) is 0 Å². The van der Waals surface area contributed by atoms with Crippen molar-refractivity contribution in [2.75, 3.05) is 19.8 Å². The molecule has 1 atom stereocenters. The molecule has 1 heterocycles. The van der Waals surface area contributed by atoms with Crippen molar-refractivity contribution in [3.8, 4) is 0 Å². The van der Waals surface area contributed by atoms with Gasteiger partial charge in [-0.25, -0.2) is 0 Å². The van der Waals surface area contributed by atoms with E-state index in [1.54, 1.807) is 0 Å². The Morgan fingerprint density at radius 3 is 2.57 bits per heavy atom. The minimum absolute atomic E-state index is 0.0643. The summed E-state index contributed by atoms with van der Waals surface area (Å²) in [4.78, 5) is 27.3. The zero-order valence-corrected chi connectivity index (χ0v) is 12.9. The first-order valence-corrected chi connectivity index (χ1v) is 8.39. The Hall–Kier alpha value is -1.10. The van der Waals surface area contributed by atoms with Crippen molar-refractivity contribution in [3.63, 3.8) is 0 Å². The number of nitrogens with one attached hydrogen (secondary N) is 1. The van der Waals surface area contributed by atoms with Crippen LogP contribution in [0, 0.1) is 5.92 Å². The third-order valence-electron chi connectivity index (χ3n) is 4.99. The van der Waals surface area contributed by atoms with Gasteiger partial charge in [0.1, 0.15) is 11.6 Å². The summed E-state index contributed by atoms with van der Waals surface area (Å²) in [6.07, 6.45) is 6.74. The fourth-order valence-corrected chi connectivity index (χ4v) is 3.75. The van der Waals surface area contributed by atoms with Crippen LogP contribution in [-0.4, -0.2) is 48.1 Å². The average Bonchev–Trinajstić information content (AvgIpc) is 3.19. The molecular formula is C16H26N2O3. The number of rotatable bonds is 6. The molecular weight excluding hydrogens is 268 g/mol. The number of carbonyl (C=O) groups excluding carboxylic acids is 2. The molecule has 0 radical (unpaired) electrons. The van der Waals surface area contributed by atoms with E-state index in [2.05, 4.69) is 12.2 Å². The van der Waals surface area contributed by atoms with Gasteiger partial charge in [0, 0.05) is 13.2 Å². The van der Waals surface area contributed by atoms with E-state index in [1.807, 2.05) is 4.90 Å². The Labute approximate surface area is 126 Å². The Balaban J connectivity index is 1.73. The van der Waals surface area contributed by atoms with Crippen LogP contribution >= 0.6 is 0 Å². The number of carbonyl (C=O) groups is 2. The van der Waals surface area contributed by atoms with E-state index in [4.69, 9.17) is 4.74 Å². The lowest BCUT2D eigenvalue weighted by Gasteiger charge is -2.44. The van der Waals surface area contributed by atoms with Gasteiger partial charge in [0.15, 0.2) is 0 Å². The topological polar surface area (TPSA) is 58.6 Å². The molecule has 1 aliphatic heterocycles. The maximum absolute atomic E-state index is 13.0. The molecule has 118 valence electrons. The second kappa shape index (κ2) is 5.95. The van der Waals surface area contributed by atoms with E-state index >= 15 is 0 Å². The molecule has 5 heteroatoms. The smallest absolute Gasteiger partial charge is 0.249 e. The second-order valence-electron chi connectivity index (χ2n) is 6.67. The Kier molecular flexibility index (Phi) is 4.20. The molecule has 1 N–H and O–H groups in total.